The van der Waals surface area contributed by atoms with Crippen molar-refractivity contribution in [2.75, 3.05) is 13.2 Å². The van der Waals surface area contributed by atoms with Crippen molar-refractivity contribution in [3.05, 3.63) is 72.9 Å². The molecule has 0 bridgehead atoms. The first kappa shape index (κ1) is 58.9. The summed E-state index contributed by atoms with van der Waals surface area (Å²) >= 11 is 0. The number of unbranched alkanes of at least 4 members (excludes halogenated alkanes) is 27. The number of esters is 3. The molecule has 0 N–H and O–H groups in total. The third-order valence-electron chi connectivity index (χ3n) is 11.0. The summed E-state index contributed by atoms with van der Waals surface area (Å²) in [5, 5.41) is 0. The minimum Gasteiger partial charge on any atom is -0.462 e. The summed E-state index contributed by atoms with van der Waals surface area (Å²) in [5.74, 6) is -0.917. The molecule has 6 nitrogen and oxygen atoms in total. The molecule has 62 heavy (non-hydrogen) atoms. The molecule has 0 rings (SSSR count). The third-order valence-corrected chi connectivity index (χ3v) is 11.0. The van der Waals surface area contributed by atoms with Crippen LogP contribution in [0.4, 0.5) is 0 Å². The van der Waals surface area contributed by atoms with Crippen LogP contribution >= 0.6 is 0 Å². The Balaban J connectivity index is 4.42. The van der Waals surface area contributed by atoms with Gasteiger partial charge in [0.2, 0.25) is 0 Å². The summed E-state index contributed by atoms with van der Waals surface area (Å²) in [4.78, 5) is 38.0. The Morgan fingerprint density at radius 3 is 1.06 bits per heavy atom. The van der Waals surface area contributed by atoms with Gasteiger partial charge in [0.1, 0.15) is 13.2 Å². The van der Waals surface area contributed by atoms with Gasteiger partial charge in [-0.05, 0) is 57.8 Å². The maximum atomic E-state index is 12.8. The number of hydrogen-bond acceptors (Lipinski definition) is 6. The van der Waals surface area contributed by atoms with Gasteiger partial charge in [-0.25, -0.2) is 0 Å². The minimum atomic E-state index is -0.786. The third kappa shape index (κ3) is 47.9. The predicted molar refractivity (Wildman–Crippen MR) is 265 cm³/mol. The van der Waals surface area contributed by atoms with Crippen molar-refractivity contribution in [2.45, 2.75) is 252 Å². The van der Waals surface area contributed by atoms with E-state index < -0.39 is 6.10 Å². The van der Waals surface area contributed by atoms with Crippen LogP contribution in [0.5, 0.6) is 0 Å². The van der Waals surface area contributed by atoms with E-state index in [2.05, 4.69) is 69.4 Å². The molecule has 0 aliphatic carbocycles. The number of carbonyl (C=O) groups is 3. The lowest BCUT2D eigenvalue weighted by Gasteiger charge is -2.18. The monoisotopic (exact) mass is 865 g/mol. The normalized spacial score (nSPS) is 12.6. The highest BCUT2D eigenvalue weighted by Gasteiger charge is 2.19. The molecule has 1 atom stereocenters. The summed E-state index contributed by atoms with van der Waals surface area (Å²) in [5.41, 5.74) is 0. The van der Waals surface area contributed by atoms with Crippen LogP contribution in [0, 0.1) is 0 Å². The first-order chi connectivity index (χ1) is 30.5. The number of carbonyl (C=O) groups excluding carboxylic acids is 3. The lowest BCUT2D eigenvalue weighted by atomic mass is 10.0. The number of rotatable bonds is 46. The lowest BCUT2D eigenvalue weighted by molar-refractivity contribution is -0.167. The van der Waals surface area contributed by atoms with E-state index >= 15 is 0 Å². The molecule has 0 aromatic rings. The van der Waals surface area contributed by atoms with Crippen LogP contribution in [0.15, 0.2) is 72.9 Å². The van der Waals surface area contributed by atoms with E-state index in [4.69, 9.17) is 14.2 Å². The van der Waals surface area contributed by atoms with Crippen LogP contribution in [0.1, 0.15) is 245 Å². The first-order valence-corrected chi connectivity index (χ1v) is 26.0. The van der Waals surface area contributed by atoms with Crippen molar-refractivity contribution in [3.8, 4) is 0 Å². The molecule has 0 heterocycles. The molecular weight excluding hydrogens is 769 g/mol. The minimum absolute atomic E-state index is 0.0869. The van der Waals surface area contributed by atoms with Crippen LogP contribution in [-0.2, 0) is 28.6 Å². The highest BCUT2D eigenvalue weighted by Crippen LogP contribution is 2.15. The Labute approximate surface area is 382 Å². The van der Waals surface area contributed by atoms with E-state index in [0.29, 0.717) is 19.3 Å². The zero-order chi connectivity index (χ0) is 45.1. The van der Waals surface area contributed by atoms with Crippen LogP contribution in [0.2, 0.25) is 0 Å². The standard InChI is InChI=1S/C56H96O6/c1-4-7-10-13-16-19-22-24-26-27-28-30-31-34-37-40-43-46-49-55(58)61-52-53(51-60-54(57)48-45-42-39-36-33-21-18-15-12-9-6-3)62-56(59)50-47-44-41-38-35-32-29-25-23-20-17-14-11-8-5-2/h10,13,15-16,18-19,22,24,26-28,30,53H,4-9,11-12,14,17,20-21,23,25,29,31-52H2,1-3H3/b13-10-,18-15-,19-16-,24-22-,27-26-,30-28-. The van der Waals surface area contributed by atoms with Gasteiger partial charge >= 0.3 is 17.9 Å². The fraction of sp³-hybridized carbons (Fsp3) is 0.732. The van der Waals surface area contributed by atoms with Gasteiger partial charge in [0.05, 0.1) is 0 Å². The van der Waals surface area contributed by atoms with Gasteiger partial charge < -0.3 is 14.2 Å². The summed E-state index contributed by atoms with van der Waals surface area (Å²) in [7, 11) is 0. The SMILES string of the molecule is CCC\C=C/C=C\C=C/C=C\C=C/CCCCCCCC(=O)OCC(COC(=O)CCCCCCC/C=C\CCCC)OC(=O)CCCCCCCCCCCCCCCCC. The van der Waals surface area contributed by atoms with Crippen LogP contribution in [-0.4, -0.2) is 37.2 Å². The zero-order valence-corrected chi connectivity index (χ0v) is 40.6. The molecule has 0 radical (unpaired) electrons. The van der Waals surface area contributed by atoms with Gasteiger partial charge in [-0.15, -0.1) is 0 Å². The molecular formula is C56H96O6. The fourth-order valence-corrected chi connectivity index (χ4v) is 7.10. The van der Waals surface area contributed by atoms with Crippen molar-refractivity contribution >= 4 is 17.9 Å². The Morgan fingerprint density at radius 1 is 0.323 bits per heavy atom. The number of hydrogen-bond donors (Lipinski definition) is 0. The van der Waals surface area contributed by atoms with Gasteiger partial charge in [0.25, 0.3) is 0 Å². The number of ether oxygens (including phenoxy) is 3. The van der Waals surface area contributed by atoms with E-state index in [1.165, 1.54) is 116 Å². The van der Waals surface area contributed by atoms with Gasteiger partial charge in [-0.3, -0.25) is 14.4 Å². The molecule has 0 aliphatic rings. The van der Waals surface area contributed by atoms with Crippen molar-refractivity contribution in [2.24, 2.45) is 0 Å². The van der Waals surface area contributed by atoms with Crippen molar-refractivity contribution < 1.29 is 28.6 Å². The average Bonchev–Trinajstić information content (AvgIpc) is 3.27. The van der Waals surface area contributed by atoms with Gasteiger partial charge in [-0.1, -0.05) is 241 Å². The second-order valence-corrected chi connectivity index (χ2v) is 17.2. The number of allylic oxidation sites excluding steroid dienone is 12. The zero-order valence-electron chi connectivity index (χ0n) is 40.6. The molecule has 6 heteroatoms. The van der Waals surface area contributed by atoms with Crippen LogP contribution in [0.25, 0.3) is 0 Å². The summed E-state index contributed by atoms with van der Waals surface area (Å²) < 4.78 is 16.8. The van der Waals surface area contributed by atoms with Crippen molar-refractivity contribution in [3.63, 3.8) is 0 Å². The molecule has 356 valence electrons. The Kier molecular flexibility index (Phi) is 47.9. The average molecular weight is 865 g/mol. The Bertz CT molecular complexity index is 1180. The van der Waals surface area contributed by atoms with Crippen molar-refractivity contribution in [1.82, 2.24) is 0 Å². The van der Waals surface area contributed by atoms with Gasteiger partial charge in [0.15, 0.2) is 6.10 Å². The Hall–Kier alpha value is -3.15. The van der Waals surface area contributed by atoms with Crippen LogP contribution < -0.4 is 0 Å². The Morgan fingerprint density at radius 2 is 0.645 bits per heavy atom. The molecule has 0 spiro atoms. The largest absolute Gasteiger partial charge is 0.462 e. The maximum Gasteiger partial charge on any atom is 0.306 e. The highest BCUT2D eigenvalue weighted by atomic mass is 16.6. The molecule has 0 saturated carbocycles. The highest BCUT2D eigenvalue weighted by molar-refractivity contribution is 5.71. The second-order valence-electron chi connectivity index (χ2n) is 17.2. The topological polar surface area (TPSA) is 78.9 Å². The lowest BCUT2D eigenvalue weighted by Crippen LogP contribution is -2.30. The summed E-state index contributed by atoms with van der Waals surface area (Å²) in [6, 6.07) is 0. The summed E-state index contributed by atoms with van der Waals surface area (Å²) in [6.07, 6.45) is 63.0. The predicted octanol–water partition coefficient (Wildman–Crippen LogP) is 17.0. The first-order valence-electron chi connectivity index (χ1n) is 26.0. The van der Waals surface area contributed by atoms with E-state index in [9.17, 15) is 14.4 Å². The molecule has 1 unspecified atom stereocenters. The van der Waals surface area contributed by atoms with E-state index in [1.807, 2.05) is 24.3 Å². The molecule has 0 aromatic carbocycles. The maximum absolute atomic E-state index is 12.8. The summed E-state index contributed by atoms with van der Waals surface area (Å²) in [6.45, 7) is 6.49. The molecule has 0 aromatic heterocycles. The van der Waals surface area contributed by atoms with Crippen molar-refractivity contribution in [1.29, 1.82) is 0 Å². The molecule has 0 aliphatic heterocycles. The smallest absolute Gasteiger partial charge is 0.306 e. The fourth-order valence-electron chi connectivity index (χ4n) is 7.10. The van der Waals surface area contributed by atoms with Gasteiger partial charge in [-0.2, -0.15) is 0 Å². The molecule has 0 fully saturated rings. The van der Waals surface area contributed by atoms with E-state index in [-0.39, 0.29) is 31.1 Å². The van der Waals surface area contributed by atoms with Gasteiger partial charge in [0, 0.05) is 19.3 Å². The molecule has 0 saturated heterocycles. The molecule has 0 amide bonds. The van der Waals surface area contributed by atoms with Crippen LogP contribution in [0.3, 0.4) is 0 Å². The second kappa shape index (κ2) is 50.5. The van der Waals surface area contributed by atoms with E-state index in [1.54, 1.807) is 0 Å². The quantitative estimate of drug-likeness (QED) is 0.0199. The van der Waals surface area contributed by atoms with E-state index in [0.717, 1.165) is 89.9 Å².